The lowest BCUT2D eigenvalue weighted by atomic mass is 10.2. The molecule has 0 atom stereocenters. The highest BCUT2D eigenvalue weighted by molar-refractivity contribution is 5.47. The maximum atomic E-state index is 8.97. The molecule has 0 spiro atoms. The predicted molar refractivity (Wildman–Crippen MR) is 73.4 cm³/mol. The summed E-state index contributed by atoms with van der Waals surface area (Å²) in [6, 6.07) is 13.8. The molecule has 0 aliphatic heterocycles. The minimum atomic E-state index is 0.461. The minimum absolute atomic E-state index is 0.461. The second-order valence-electron chi connectivity index (χ2n) is 4.11. The van der Waals surface area contributed by atoms with E-state index in [0.717, 1.165) is 16.8 Å². The van der Waals surface area contributed by atoms with Gasteiger partial charge in [0.2, 0.25) is 0 Å². The van der Waals surface area contributed by atoms with Crippen molar-refractivity contribution in [2.24, 2.45) is 0 Å². The van der Waals surface area contributed by atoms with Gasteiger partial charge >= 0.3 is 0 Å². The summed E-state index contributed by atoms with van der Waals surface area (Å²) in [7, 11) is 1.68. The number of pyridine rings is 1. The molecular weight excluding hydrogens is 238 g/mol. The van der Waals surface area contributed by atoms with Crippen LogP contribution in [0.25, 0.3) is 0 Å². The highest BCUT2D eigenvalue weighted by Gasteiger charge is 2.02. The first-order chi connectivity index (χ1) is 9.33. The maximum absolute atomic E-state index is 8.97. The molecule has 1 heterocycles. The van der Waals surface area contributed by atoms with E-state index < -0.39 is 0 Å². The largest absolute Gasteiger partial charge is 0.381 e. The van der Waals surface area contributed by atoms with Crippen molar-refractivity contribution in [1.82, 2.24) is 4.98 Å². The van der Waals surface area contributed by atoms with Gasteiger partial charge in [-0.2, -0.15) is 5.26 Å². The number of hydrogen-bond acceptors (Lipinski definition) is 4. The van der Waals surface area contributed by atoms with Gasteiger partial charge in [-0.1, -0.05) is 18.2 Å². The third kappa shape index (κ3) is 3.54. The summed E-state index contributed by atoms with van der Waals surface area (Å²) in [6.45, 7) is 1.17. The number of methoxy groups -OCH3 is 1. The summed E-state index contributed by atoms with van der Waals surface area (Å²) in [5.74, 6) is 0. The molecule has 0 radical (unpaired) electrons. The van der Waals surface area contributed by atoms with E-state index in [0.29, 0.717) is 18.8 Å². The molecule has 0 saturated heterocycles. The standard InChI is InChI=1S/C15H15N3O/c1-19-11-12-4-2-6-14(8-12)18-10-13-5-3-7-17-15(13)9-16/h2-8,18H,10-11H2,1H3. The molecular formula is C15H15N3O. The lowest BCUT2D eigenvalue weighted by Gasteiger charge is -2.09. The Morgan fingerprint density at radius 3 is 3.00 bits per heavy atom. The molecule has 0 amide bonds. The summed E-state index contributed by atoms with van der Waals surface area (Å²) in [5.41, 5.74) is 3.46. The Labute approximate surface area is 112 Å². The summed E-state index contributed by atoms with van der Waals surface area (Å²) in [6.07, 6.45) is 1.63. The summed E-state index contributed by atoms with van der Waals surface area (Å²) in [4.78, 5) is 4.04. The minimum Gasteiger partial charge on any atom is -0.381 e. The first-order valence-corrected chi connectivity index (χ1v) is 5.99. The quantitative estimate of drug-likeness (QED) is 0.890. The number of benzene rings is 1. The number of ether oxygens (including phenoxy) is 1. The predicted octanol–water partition coefficient (Wildman–Crippen LogP) is 2.71. The molecule has 1 aromatic carbocycles. The number of rotatable bonds is 5. The van der Waals surface area contributed by atoms with Crippen molar-refractivity contribution in [2.45, 2.75) is 13.2 Å². The molecule has 4 nitrogen and oxygen atoms in total. The van der Waals surface area contributed by atoms with Gasteiger partial charge in [-0.15, -0.1) is 0 Å². The molecule has 1 aromatic heterocycles. The second kappa shape index (κ2) is 6.53. The van der Waals surface area contributed by atoms with Crippen molar-refractivity contribution < 1.29 is 4.74 Å². The van der Waals surface area contributed by atoms with E-state index in [4.69, 9.17) is 10.00 Å². The van der Waals surface area contributed by atoms with Crippen molar-refractivity contribution in [3.8, 4) is 6.07 Å². The first-order valence-electron chi connectivity index (χ1n) is 5.99. The van der Waals surface area contributed by atoms with Gasteiger partial charge in [0, 0.05) is 31.1 Å². The molecule has 19 heavy (non-hydrogen) atoms. The van der Waals surface area contributed by atoms with Crippen LogP contribution in [0.5, 0.6) is 0 Å². The molecule has 0 aliphatic rings. The van der Waals surface area contributed by atoms with Gasteiger partial charge in [-0.3, -0.25) is 0 Å². The first kappa shape index (κ1) is 13.1. The zero-order chi connectivity index (χ0) is 13.5. The Morgan fingerprint density at radius 2 is 2.21 bits per heavy atom. The summed E-state index contributed by atoms with van der Waals surface area (Å²) < 4.78 is 5.10. The lowest BCUT2D eigenvalue weighted by Crippen LogP contribution is -2.03. The molecule has 0 unspecified atom stereocenters. The van der Waals surface area contributed by atoms with Gasteiger partial charge < -0.3 is 10.1 Å². The number of hydrogen-bond donors (Lipinski definition) is 1. The zero-order valence-corrected chi connectivity index (χ0v) is 10.8. The van der Waals surface area contributed by atoms with E-state index in [9.17, 15) is 0 Å². The number of aromatic nitrogens is 1. The molecule has 4 heteroatoms. The van der Waals surface area contributed by atoms with E-state index in [-0.39, 0.29) is 0 Å². The Morgan fingerprint density at radius 1 is 1.32 bits per heavy atom. The number of nitrogens with one attached hydrogen (secondary N) is 1. The van der Waals surface area contributed by atoms with Gasteiger partial charge in [0.15, 0.2) is 0 Å². The molecule has 0 fully saturated rings. The number of anilines is 1. The SMILES string of the molecule is COCc1cccc(NCc2cccnc2C#N)c1. The Kier molecular flexibility index (Phi) is 4.49. The van der Waals surface area contributed by atoms with Crippen molar-refractivity contribution in [1.29, 1.82) is 5.26 Å². The molecule has 96 valence electrons. The Hall–Kier alpha value is -2.38. The average molecular weight is 253 g/mol. The van der Waals surface area contributed by atoms with Crippen LogP contribution in [0.15, 0.2) is 42.6 Å². The topological polar surface area (TPSA) is 57.9 Å². The fourth-order valence-electron chi connectivity index (χ4n) is 1.82. The maximum Gasteiger partial charge on any atom is 0.145 e. The smallest absolute Gasteiger partial charge is 0.145 e. The summed E-state index contributed by atoms with van der Waals surface area (Å²) in [5, 5.41) is 12.3. The van der Waals surface area contributed by atoms with E-state index in [1.54, 1.807) is 13.3 Å². The normalized spacial score (nSPS) is 9.89. The van der Waals surface area contributed by atoms with E-state index in [1.165, 1.54) is 0 Å². The van der Waals surface area contributed by atoms with E-state index in [1.807, 2.05) is 36.4 Å². The molecule has 0 aliphatic carbocycles. The molecule has 2 rings (SSSR count). The van der Waals surface area contributed by atoms with Crippen LogP contribution >= 0.6 is 0 Å². The third-order valence-corrected chi connectivity index (χ3v) is 2.72. The second-order valence-corrected chi connectivity index (χ2v) is 4.11. The van der Waals surface area contributed by atoms with Gasteiger partial charge in [-0.25, -0.2) is 4.98 Å². The van der Waals surface area contributed by atoms with Crippen LogP contribution < -0.4 is 5.32 Å². The van der Waals surface area contributed by atoms with Crippen LogP contribution in [0.1, 0.15) is 16.8 Å². The fraction of sp³-hybridized carbons (Fsp3) is 0.200. The lowest BCUT2D eigenvalue weighted by molar-refractivity contribution is 0.185. The fourth-order valence-corrected chi connectivity index (χ4v) is 1.82. The number of nitriles is 1. The molecule has 1 N–H and O–H groups in total. The van der Waals surface area contributed by atoms with Crippen LogP contribution in [-0.4, -0.2) is 12.1 Å². The van der Waals surface area contributed by atoms with Crippen molar-refractivity contribution >= 4 is 5.69 Å². The van der Waals surface area contributed by atoms with Crippen LogP contribution in [-0.2, 0) is 17.9 Å². The molecule has 2 aromatic rings. The van der Waals surface area contributed by atoms with Crippen LogP contribution in [0.4, 0.5) is 5.69 Å². The van der Waals surface area contributed by atoms with Crippen LogP contribution in [0, 0.1) is 11.3 Å². The molecule has 0 bridgehead atoms. The highest BCUT2D eigenvalue weighted by Crippen LogP contribution is 2.13. The molecule has 0 saturated carbocycles. The summed E-state index contributed by atoms with van der Waals surface area (Å²) >= 11 is 0. The van der Waals surface area contributed by atoms with Crippen molar-refractivity contribution in [3.63, 3.8) is 0 Å². The Bertz CT molecular complexity index is 590. The van der Waals surface area contributed by atoms with Crippen molar-refractivity contribution in [3.05, 3.63) is 59.4 Å². The highest BCUT2D eigenvalue weighted by atomic mass is 16.5. The van der Waals surface area contributed by atoms with Crippen LogP contribution in [0.3, 0.4) is 0 Å². The Balaban J connectivity index is 2.06. The van der Waals surface area contributed by atoms with Gasteiger partial charge in [0.05, 0.1) is 6.61 Å². The van der Waals surface area contributed by atoms with E-state index in [2.05, 4.69) is 16.4 Å². The third-order valence-electron chi connectivity index (χ3n) is 2.72. The van der Waals surface area contributed by atoms with Gasteiger partial charge in [-0.05, 0) is 23.8 Å². The van der Waals surface area contributed by atoms with Crippen molar-refractivity contribution in [2.75, 3.05) is 12.4 Å². The van der Waals surface area contributed by atoms with Crippen LogP contribution in [0.2, 0.25) is 0 Å². The van der Waals surface area contributed by atoms with Gasteiger partial charge in [0.25, 0.3) is 0 Å². The number of nitrogens with zero attached hydrogens (tertiary/aromatic N) is 2. The monoisotopic (exact) mass is 253 g/mol. The van der Waals surface area contributed by atoms with Gasteiger partial charge in [0.1, 0.15) is 11.8 Å². The zero-order valence-electron chi connectivity index (χ0n) is 10.8. The van der Waals surface area contributed by atoms with E-state index >= 15 is 0 Å². The average Bonchev–Trinajstić information content (AvgIpc) is 2.46.